The number of hydrogen-bond donors (Lipinski definition) is 1. The molecule has 0 aliphatic carbocycles. The Balaban J connectivity index is 0.00000162. The summed E-state index contributed by atoms with van der Waals surface area (Å²) < 4.78 is 0. The Morgan fingerprint density at radius 2 is 1.28 bits per heavy atom. The smallest absolute Gasteiger partial charge is 0.304 e. The fourth-order valence-electron chi connectivity index (χ4n) is 1.97. The SMILES string of the molecule is O=C(O)CC(c1ccccc1)c1ccccc1.S. The zero-order chi connectivity index (χ0) is 12.1. The molecule has 18 heavy (non-hydrogen) atoms. The predicted molar refractivity (Wildman–Crippen MR) is 77.4 cm³/mol. The highest BCUT2D eigenvalue weighted by Gasteiger charge is 2.16. The summed E-state index contributed by atoms with van der Waals surface area (Å²) in [5.41, 5.74) is 2.09. The number of benzene rings is 2. The molecule has 0 amide bonds. The van der Waals surface area contributed by atoms with E-state index in [9.17, 15) is 4.79 Å². The van der Waals surface area contributed by atoms with Crippen LogP contribution in [0.5, 0.6) is 0 Å². The van der Waals surface area contributed by atoms with Gasteiger partial charge in [0.05, 0.1) is 6.42 Å². The van der Waals surface area contributed by atoms with Crippen LogP contribution in [0.4, 0.5) is 0 Å². The van der Waals surface area contributed by atoms with Crippen molar-refractivity contribution >= 4 is 19.5 Å². The van der Waals surface area contributed by atoms with Crippen molar-refractivity contribution in [2.45, 2.75) is 12.3 Å². The van der Waals surface area contributed by atoms with E-state index in [-0.39, 0.29) is 25.8 Å². The second kappa shape index (κ2) is 6.87. The summed E-state index contributed by atoms with van der Waals surface area (Å²) in [6, 6.07) is 19.5. The van der Waals surface area contributed by atoms with E-state index < -0.39 is 5.97 Å². The molecule has 0 atom stereocenters. The summed E-state index contributed by atoms with van der Waals surface area (Å²) in [5.74, 6) is -0.849. The first-order chi connectivity index (χ1) is 8.27. The summed E-state index contributed by atoms with van der Waals surface area (Å²) >= 11 is 0. The molecule has 0 heterocycles. The third-order valence-corrected chi connectivity index (χ3v) is 2.78. The maximum Gasteiger partial charge on any atom is 0.304 e. The van der Waals surface area contributed by atoms with E-state index in [1.54, 1.807) is 0 Å². The van der Waals surface area contributed by atoms with E-state index in [1.165, 1.54) is 0 Å². The van der Waals surface area contributed by atoms with Crippen LogP contribution in [0.3, 0.4) is 0 Å². The lowest BCUT2D eigenvalue weighted by Crippen LogP contribution is -2.07. The summed E-state index contributed by atoms with van der Waals surface area (Å²) in [5, 5.41) is 9.01. The van der Waals surface area contributed by atoms with Crippen molar-refractivity contribution in [1.29, 1.82) is 0 Å². The fourth-order valence-corrected chi connectivity index (χ4v) is 1.97. The lowest BCUT2D eigenvalue weighted by atomic mass is 9.89. The van der Waals surface area contributed by atoms with Gasteiger partial charge in [0.1, 0.15) is 0 Å². The van der Waals surface area contributed by atoms with Gasteiger partial charge in [-0.3, -0.25) is 4.79 Å². The van der Waals surface area contributed by atoms with Gasteiger partial charge in [-0.25, -0.2) is 0 Å². The standard InChI is InChI=1S/C15H14O2.H2S/c16-15(17)11-14(12-7-3-1-4-8-12)13-9-5-2-6-10-13;/h1-10,14H,11H2,(H,16,17);1H2. The minimum atomic E-state index is -0.775. The molecule has 94 valence electrons. The molecule has 1 N–H and O–H groups in total. The molecule has 3 heteroatoms. The van der Waals surface area contributed by atoms with Crippen molar-refractivity contribution in [3.8, 4) is 0 Å². The number of aliphatic carboxylic acids is 1. The van der Waals surface area contributed by atoms with E-state index in [0.717, 1.165) is 11.1 Å². The third-order valence-electron chi connectivity index (χ3n) is 2.78. The van der Waals surface area contributed by atoms with Crippen molar-refractivity contribution < 1.29 is 9.90 Å². The van der Waals surface area contributed by atoms with Gasteiger partial charge >= 0.3 is 5.97 Å². The van der Waals surface area contributed by atoms with E-state index >= 15 is 0 Å². The van der Waals surface area contributed by atoms with Crippen LogP contribution in [0, 0.1) is 0 Å². The summed E-state index contributed by atoms with van der Waals surface area (Å²) in [6.07, 6.45) is 0.119. The summed E-state index contributed by atoms with van der Waals surface area (Å²) in [7, 11) is 0. The average molecular weight is 260 g/mol. The van der Waals surface area contributed by atoms with Gasteiger partial charge in [-0.15, -0.1) is 0 Å². The Morgan fingerprint density at radius 3 is 1.61 bits per heavy atom. The second-order valence-corrected chi connectivity index (χ2v) is 3.97. The third kappa shape index (κ3) is 3.64. The first kappa shape index (κ1) is 14.3. The maximum absolute atomic E-state index is 11.0. The molecule has 2 rings (SSSR count). The molecule has 0 aliphatic rings. The van der Waals surface area contributed by atoms with E-state index in [4.69, 9.17) is 5.11 Å². The van der Waals surface area contributed by atoms with Crippen molar-refractivity contribution in [1.82, 2.24) is 0 Å². The molecule has 0 saturated carbocycles. The molecular formula is C15H16O2S. The molecule has 0 spiro atoms. The van der Waals surface area contributed by atoms with Gasteiger partial charge in [-0.05, 0) is 11.1 Å². The zero-order valence-corrected chi connectivity index (χ0v) is 10.9. The number of carboxylic acid groups (broad SMARTS) is 1. The topological polar surface area (TPSA) is 37.3 Å². The molecule has 0 saturated heterocycles. The highest BCUT2D eigenvalue weighted by atomic mass is 32.1. The molecule has 0 unspecified atom stereocenters. The van der Waals surface area contributed by atoms with Crippen molar-refractivity contribution in [2.75, 3.05) is 0 Å². The van der Waals surface area contributed by atoms with Gasteiger partial charge in [0.15, 0.2) is 0 Å². The highest BCUT2D eigenvalue weighted by Crippen LogP contribution is 2.27. The van der Waals surface area contributed by atoms with Crippen molar-refractivity contribution in [2.24, 2.45) is 0 Å². The van der Waals surface area contributed by atoms with Gasteiger partial charge in [0.25, 0.3) is 0 Å². The van der Waals surface area contributed by atoms with E-state index in [2.05, 4.69) is 0 Å². The molecule has 0 fully saturated rings. The number of hydrogen-bond acceptors (Lipinski definition) is 1. The Kier molecular flexibility index (Phi) is 5.46. The first-order valence-corrected chi connectivity index (χ1v) is 5.59. The Hall–Kier alpha value is -1.74. The summed E-state index contributed by atoms with van der Waals surface area (Å²) in [6.45, 7) is 0. The average Bonchev–Trinajstić information content (AvgIpc) is 2.38. The van der Waals surface area contributed by atoms with Gasteiger partial charge in [0.2, 0.25) is 0 Å². The molecule has 0 aliphatic heterocycles. The van der Waals surface area contributed by atoms with Crippen LogP contribution in [-0.2, 0) is 4.79 Å². The zero-order valence-electron chi connectivity index (χ0n) is 9.91. The van der Waals surface area contributed by atoms with Crippen molar-refractivity contribution in [3.63, 3.8) is 0 Å². The van der Waals surface area contributed by atoms with Gasteiger partial charge in [0, 0.05) is 5.92 Å². The minimum absolute atomic E-state index is 0. The monoisotopic (exact) mass is 260 g/mol. The lowest BCUT2D eigenvalue weighted by molar-refractivity contribution is -0.137. The van der Waals surface area contributed by atoms with Crippen LogP contribution < -0.4 is 0 Å². The predicted octanol–water partition coefficient (Wildman–Crippen LogP) is 3.41. The van der Waals surface area contributed by atoms with Crippen LogP contribution >= 0.6 is 13.5 Å². The van der Waals surface area contributed by atoms with E-state index in [0.29, 0.717) is 0 Å². The number of rotatable bonds is 4. The molecule has 0 radical (unpaired) electrons. The Morgan fingerprint density at radius 1 is 0.889 bits per heavy atom. The first-order valence-electron chi connectivity index (χ1n) is 5.59. The minimum Gasteiger partial charge on any atom is -0.481 e. The Labute approximate surface area is 114 Å². The van der Waals surface area contributed by atoms with Crippen molar-refractivity contribution in [3.05, 3.63) is 71.8 Å². The van der Waals surface area contributed by atoms with Gasteiger partial charge in [-0.2, -0.15) is 13.5 Å². The molecule has 2 aromatic carbocycles. The largest absolute Gasteiger partial charge is 0.481 e. The van der Waals surface area contributed by atoms with Crippen LogP contribution in [0.15, 0.2) is 60.7 Å². The number of carboxylic acids is 1. The van der Waals surface area contributed by atoms with Crippen LogP contribution in [0.2, 0.25) is 0 Å². The molecule has 2 nitrogen and oxygen atoms in total. The summed E-state index contributed by atoms with van der Waals surface area (Å²) in [4.78, 5) is 11.0. The molecule has 0 aromatic heterocycles. The maximum atomic E-state index is 11.0. The molecule has 0 bridgehead atoms. The second-order valence-electron chi connectivity index (χ2n) is 3.97. The Bertz CT molecular complexity index is 443. The fraction of sp³-hybridized carbons (Fsp3) is 0.133. The molecule has 2 aromatic rings. The van der Waals surface area contributed by atoms with Crippen LogP contribution in [-0.4, -0.2) is 11.1 Å². The van der Waals surface area contributed by atoms with Gasteiger partial charge in [-0.1, -0.05) is 60.7 Å². The highest BCUT2D eigenvalue weighted by molar-refractivity contribution is 7.59. The number of carbonyl (C=O) groups is 1. The van der Waals surface area contributed by atoms with Crippen LogP contribution in [0.1, 0.15) is 23.5 Å². The van der Waals surface area contributed by atoms with E-state index in [1.807, 2.05) is 60.7 Å². The van der Waals surface area contributed by atoms with Gasteiger partial charge < -0.3 is 5.11 Å². The lowest BCUT2D eigenvalue weighted by Gasteiger charge is -2.15. The molecular weight excluding hydrogens is 244 g/mol. The quantitative estimate of drug-likeness (QED) is 0.914. The van der Waals surface area contributed by atoms with Crippen LogP contribution in [0.25, 0.3) is 0 Å². The normalized spacial score (nSPS) is 9.83.